The van der Waals surface area contributed by atoms with E-state index in [-0.39, 0.29) is 5.82 Å². The quantitative estimate of drug-likeness (QED) is 0.888. The lowest BCUT2D eigenvalue weighted by molar-refractivity contribution is 0.265. The lowest BCUT2D eigenvalue weighted by atomic mass is 9.84. The van der Waals surface area contributed by atoms with E-state index in [4.69, 9.17) is 0 Å². The first-order valence-corrected chi connectivity index (χ1v) is 8.54. The molecule has 3 heteroatoms. The van der Waals surface area contributed by atoms with Gasteiger partial charge in [0.15, 0.2) is 0 Å². The lowest BCUT2D eigenvalue weighted by Crippen LogP contribution is -2.44. The van der Waals surface area contributed by atoms with Crippen molar-refractivity contribution >= 4 is 5.69 Å². The molecule has 2 atom stereocenters. The number of halogens is 1. The van der Waals surface area contributed by atoms with Crippen LogP contribution < -0.4 is 10.2 Å². The van der Waals surface area contributed by atoms with Gasteiger partial charge in [0.2, 0.25) is 0 Å². The summed E-state index contributed by atoms with van der Waals surface area (Å²) in [5.74, 6) is 0.601. The summed E-state index contributed by atoms with van der Waals surface area (Å²) in [6, 6.07) is 5.92. The van der Waals surface area contributed by atoms with E-state index in [1.165, 1.54) is 37.7 Å². The second-order valence-corrected chi connectivity index (χ2v) is 6.57. The molecule has 1 aliphatic heterocycles. The maximum absolute atomic E-state index is 13.5. The standard InChI is InChI=1S/C18H27FN2/c1-2-10-20-17-6-4-3-5-15(17)13-21-11-9-14-7-8-16(19)12-18(14)21/h7-8,12,15,17,20H,2-6,9-11,13H2,1H3. The topological polar surface area (TPSA) is 15.3 Å². The predicted molar refractivity (Wildman–Crippen MR) is 86.4 cm³/mol. The SMILES string of the molecule is CCCNC1CCCCC1CN1CCc2ccc(F)cc21. The maximum atomic E-state index is 13.5. The molecule has 1 aromatic carbocycles. The minimum atomic E-state index is -0.107. The van der Waals surface area contributed by atoms with Gasteiger partial charge in [-0.05, 0) is 55.8 Å². The van der Waals surface area contributed by atoms with Crippen molar-refractivity contribution in [2.24, 2.45) is 5.92 Å². The van der Waals surface area contributed by atoms with Gasteiger partial charge < -0.3 is 10.2 Å². The van der Waals surface area contributed by atoms with Crippen LogP contribution in [0.5, 0.6) is 0 Å². The van der Waals surface area contributed by atoms with Crippen LogP contribution in [0.4, 0.5) is 10.1 Å². The smallest absolute Gasteiger partial charge is 0.125 e. The molecule has 1 fully saturated rings. The third-order valence-electron chi connectivity index (χ3n) is 5.06. The highest BCUT2D eigenvalue weighted by Gasteiger charge is 2.29. The summed E-state index contributed by atoms with van der Waals surface area (Å²) in [4.78, 5) is 2.41. The highest BCUT2D eigenvalue weighted by Crippen LogP contribution is 2.32. The van der Waals surface area contributed by atoms with Crippen LogP contribution in [0.25, 0.3) is 0 Å². The first kappa shape index (κ1) is 14.8. The summed E-state index contributed by atoms with van der Waals surface area (Å²) in [7, 11) is 0. The fourth-order valence-corrected chi connectivity index (χ4v) is 3.92. The van der Waals surface area contributed by atoms with E-state index in [1.807, 2.05) is 6.07 Å². The Labute approximate surface area is 127 Å². The minimum absolute atomic E-state index is 0.107. The van der Waals surface area contributed by atoms with Gasteiger partial charge in [-0.15, -0.1) is 0 Å². The Kier molecular flexibility index (Phi) is 4.79. The van der Waals surface area contributed by atoms with Crippen molar-refractivity contribution in [1.82, 2.24) is 5.32 Å². The zero-order chi connectivity index (χ0) is 14.7. The van der Waals surface area contributed by atoms with E-state index in [9.17, 15) is 4.39 Å². The predicted octanol–water partition coefficient (Wildman–Crippen LogP) is 3.75. The Hall–Kier alpha value is -1.09. The van der Waals surface area contributed by atoms with Gasteiger partial charge in [0, 0.05) is 24.8 Å². The summed E-state index contributed by atoms with van der Waals surface area (Å²) in [6.45, 7) is 5.48. The molecule has 2 unspecified atom stereocenters. The van der Waals surface area contributed by atoms with Gasteiger partial charge in [-0.1, -0.05) is 25.8 Å². The summed E-state index contributed by atoms with van der Waals surface area (Å²) < 4.78 is 13.5. The van der Waals surface area contributed by atoms with Crippen LogP contribution in [0.2, 0.25) is 0 Å². The molecule has 1 heterocycles. The second-order valence-electron chi connectivity index (χ2n) is 6.57. The van der Waals surface area contributed by atoms with Gasteiger partial charge >= 0.3 is 0 Å². The van der Waals surface area contributed by atoms with Crippen molar-refractivity contribution in [3.05, 3.63) is 29.6 Å². The molecule has 1 N–H and O–H groups in total. The van der Waals surface area contributed by atoms with Crippen LogP contribution in [0.3, 0.4) is 0 Å². The van der Waals surface area contributed by atoms with Crippen LogP contribution in [0.1, 0.15) is 44.6 Å². The van der Waals surface area contributed by atoms with Gasteiger partial charge in [-0.3, -0.25) is 0 Å². The highest BCUT2D eigenvalue weighted by atomic mass is 19.1. The number of hydrogen-bond donors (Lipinski definition) is 1. The van der Waals surface area contributed by atoms with Gasteiger partial charge in [0.25, 0.3) is 0 Å². The number of nitrogens with one attached hydrogen (secondary N) is 1. The minimum Gasteiger partial charge on any atom is -0.371 e. The first-order chi connectivity index (χ1) is 10.3. The van der Waals surface area contributed by atoms with E-state index in [0.29, 0.717) is 12.0 Å². The summed E-state index contributed by atoms with van der Waals surface area (Å²) in [5.41, 5.74) is 2.44. The lowest BCUT2D eigenvalue weighted by Gasteiger charge is -2.36. The molecule has 1 aliphatic carbocycles. The van der Waals surface area contributed by atoms with Crippen molar-refractivity contribution in [3.8, 4) is 0 Å². The third-order valence-corrected chi connectivity index (χ3v) is 5.06. The zero-order valence-corrected chi connectivity index (χ0v) is 13.1. The normalized spacial score (nSPS) is 25.1. The van der Waals surface area contributed by atoms with Gasteiger partial charge in [-0.25, -0.2) is 4.39 Å². The summed E-state index contributed by atoms with van der Waals surface area (Å²) >= 11 is 0. The molecule has 0 bridgehead atoms. The maximum Gasteiger partial charge on any atom is 0.125 e. The Morgan fingerprint density at radius 1 is 1.29 bits per heavy atom. The van der Waals surface area contributed by atoms with E-state index in [0.717, 1.165) is 31.7 Å². The molecule has 0 radical (unpaired) electrons. The average molecular weight is 290 g/mol. The van der Waals surface area contributed by atoms with E-state index in [2.05, 4.69) is 17.1 Å². The number of anilines is 1. The molecular weight excluding hydrogens is 263 g/mol. The van der Waals surface area contributed by atoms with E-state index in [1.54, 1.807) is 12.1 Å². The molecule has 2 aliphatic rings. The molecule has 0 amide bonds. The number of benzene rings is 1. The van der Waals surface area contributed by atoms with Gasteiger partial charge in [0.1, 0.15) is 5.82 Å². The fraction of sp³-hybridized carbons (Fsp3) is 0.667. The monoisotopic (exact) mass is 290 g/mol. The molecule has 0 spiro atoms. The number of fused-ring (bicyclic) bond motifs is 1. The highest BCUT2D eigenvalue weighted by molar-refractivity contribution is 5.58. The third kappa shape index (κ3) is 3.39. The number of rotatable bonds is 5. The van der Waals surface area contributed by atoms with Crippen LogP contribution in [-0.2, 0) is 6.42 Å². The van der Waals surface area contributed by atoms with Crippen molar-refractivity contribution in [1.29, 1.82) is 0 Å². The fourth-order valence-electron chi connectivity index (χ4n) is 3.92. The summed E-state index contributed by atoms with van der Waals surface area (Å²) in [5, 5.41) is 3.73. The van der Waals surface area contributed by atoms with Gasteiger partial charge in [-0.2, -0.15) is 0 Å². The van der Waals surface area contributed by atoms with Gasteiger partial charge in [0.05, 0.1) is 0 Å². The van der Waals surface area contributed by atoms with Crippen LogP contribution in [0.15, 0.2) is 18.2 Å². The molecule has 2 nitrogen and oxygen atoms in total. The van der Waals surface area contributed by atoms with Crippen molar-refractivity contribution < 1.29 is 4.39 Å². The molecular formula is C18H27FN2. The van der Waals surface area contributed by atoms with Crippen LogP contribution in [0, 0.1) is 11.7 Å². The molecule has 0 saturated heterocycles. The largest absolute Gasteiger partial charge is 0.371 e. The van der Waals surface area contributed by atoms with Crippen molar-refractivity contribution in [2.75, 3.05) is 24.5 Å². The molecule has 3 rings (SSSR count). The zero-order valence-electron chi connectivity index (χ0n) is 13.1. The first-order valence-electron chi connectivity index (χ1n) is 8.54. The summed E-state index contributed by atoms with van der Waals surface area (Å²) in [6.07, 6.45) is 7.56. The molecule has 1 aromatic rings. The van der Waals surface area contributed by atoms with E-state index >= 15 is 0 Å². The van der Waals surface area contributed by atoms with Crippen molar-refractivity contribution in [3.63, 3.8) is 0 Å². The number of hydrogen-bond acceptors (Lipinski definition) is 2. The molecule has 116 valence electrons. The molecule has 0 aromatic heterocycles. The Balaban J connectivity index is 1.67. The van der Waals surface area contributed by atoms with Crippen molar-refractivity contribution in [2.45, 2.75) is 51.5 Å². The molecule has 1 saturated carbocycles. The Morgan fingerprint density at radius 3 is 3.00 bits per heavy atom. The number of nitrogens with zero attached hydrogens (tertiary/aromatic N) is 1. The Morgan fingerprint density at radius 2 is 2.14 bits per heavy atom. The Bertz CT molecular complexity index is 474. The van der Waals surface area contributed by atoms with Crippen LogP contribution in [-0.4, -0.2) is 25.7 Å². The second kappa shape index (κ2) is 6.78. The van der Waals surface area contributed by atoms with Crippen LogP contribution >= 0.6 is 0 Å². The average Bonchev–Trinajstić information content (AvgIpc) is 2.89. The molecule has 21 heavy (non-hydrogen) atoms. The van der Waals surface area contributed by atoms with E-state index < -0.39 is 0 Å².